The van der Waals surface area contributed by atoms with E-state index >= 15 is 0 Å². The summed E-state index contributed by atoms with van der Waals surface area (Å²) in [5.74, 6) is 0.962. The standard InChI is InChI=1S/C14H21NO2S/c1-10-3-4-11(2)13(7-10)14(8-15)12-5-6-18(16,17)9-12/h3-4,7,12,14H,5-6,8-9,15H2,1-2H3. The lowest BCUT2D eigenvalue weighted by Crippen LogP contribution is -2.23. The monoisotopic (exact) mass is 267 g/mol. The van der Waals surface area contributed by atoms with Crippen molar-refractivity contribution >= 4 is 9.84 Å². The van der Waals surface area contributed by atoms with Gasteiger partial charge in [0, 0.05) is 5.92 Å². The van der Waals surface area contributed by atoms with Gasteiger partial charge in [0.2, 0.25) is 0 Å². The van der Waals surface area contributed by atoms with Gasteiger partial charge in [0.25, 0.3) is 0 Å². The molecule has 2 atom stereocenters. The molecule has 0 saturated carbocycles. The molecule has 1 saturated heterocycles. The Morgan fingerprint density at radius 2 is 2.11 bits per heavy atom. The molecule has 3 nitrogen and oxygen atoms in total. The third-order valence-electron chi connectivity index (χ3n) is 3.92. The van der Waals surface area contributed by atoms with E-state index in [2.05, 4.69) is 32.0 Å². The van der Waals surface area contributed by atoms with Gasteiger partial charge in [-0.3, -0.25) is 0 Å². The van der Waals surface area contributed by atoms with Gasteiger partial charge in [-0.1, -0.05) is 23.8 Å². The fourth-order valence-corrected chi connectivity index (χ4v) is 4.75. The number of nitrogens with two attached hydrogens (primary N) is 1. The van der Waals surface area contributed by atoms with Crippen molar-refractivity contribution in [2.24, 2.45) is 11.7 Å². The smallest absolute Gasteiger partial charge is 0.150 e. The first-order chi connectivity index (χ1) is 8.43. The second-order valence-corrected chi connectivity index (χ2v) is 7.59. The molecule has 0 spiro atoms. The first-order valence-corrected chi connectivity index (χ1v) is 8.23. The van der Waals surface area contributed by atoms with E-state index in [-0.39, 0.29) is 11.8 Å². The minimum Gasteiger partial charge on any atom is -0.330 e. The Morgan fingerprint density at radius 1 is 1.39 bits per heavy atom. The molecule has 4 heteroatoms. The van der Waals surface area contributed by atoms with Gasteiger partial charge in [-0.05, 0) is 43.9 Å². The van der Waals surface area contributed by atoms with Crippen LogP contribution in [0, 0.1) is 19.8 Å². The summed E-state index contributed by atoms with van der Waals surface area (Å²) in [5.41, 5.74) is 9.53. The van der Waals surface area contributed by atoms with Crippen molar-refractivity contribution in [3.05, 3.63) is 34.9 Å². The van der Waals surface area contributed by atoms with Gasteiger partial charge in [-0.15, -0.1) is 0 Å². The molecule has 100 valence electrons. The van der Waals surface area contributed by atoms with Crippen molar-refractivity contribution in [1.82, 2.24) is 0 Å². The van der Waals surface area contributed by atoms with Crippen LogP contribution in [0.2, 0.25) is 0 Å². The molecule has 0 aliphatic carbocycles. The van der Waals surface area contributed by atoms with Gasteiger partial charge in [0.05, 0.1) is 11.5 Å². The highest BCUT2D eigenvalue weighted by atomic mass is 32.2. The average Bonchev–Trinajstić information content (AvgIpc) is 2.65. The molecule has 0 aromatic heterocycles. The fraction of sp³-hybridized carbons (Fsp3) is 0.571. The Hall–Kier alpha value is -0.870. The lowest BCUT2D eigenvalue weighted by atomic mass is 9.83. The minimum absolute atomic E-state index is 0.169. The van der Waals surface area contributed by atoms with Crippen LogP contribution in [0.1, 0.15) is 29.0 Å². The highest BCUT2D eigenvalue weighted by Crippen LogP contribution is 2.34. The predicted molar refractivity (Wildman–Crippen MR) is 74.5 cm³/mol. The maximum absolute atomic E-state index is 11.6. The number of hydrogen-bond acceptors (Lipinski definition) is 3. The van der Waals surface area contributed by atoms with Crippen molar-refractivity contribution in [2.75, 3.05) is 18.1 Å². The molecule has 2 rings (SSSR count). The highest BCUT2D eigenvalue weighted by molar-refractivity contribution is 7.91. The Bertz CT molecular complexity index is 537. The van der Waals surface area contributed by atoms with Crippen LogP contribution < -0.4 is 5.73 Å². The van der Waals surface area contributed by atoms with Crippen molar-refractivity contribution < 1.29 is 8.42 Å². The number of benzene rings is 1. The van der Waals surface area contributed by atoms with E-state index in [1.54, 1.807) is 0 Å². The van der Waals surface area contributed by atoms with E-state index in [4.69, 9.17) is 5.73 Å². The van der Waals surface area contributed by atoms with Crippen LogP contribution in [0.5, 0.6) is 0 Å². The molecule has 1 heterocycles. The van der Waals surface area contributed by atoms with Crippen LogP contribution in [0.15, 0.2) is 18.2 Å². The first-order valence-electron chi connectivity index (χ1n) is 6.40. The predicted octanol–water partition coefficient (Wildman–Crippen LogP) is 1.78. The molecule has 1 aliphatic heterocycles. The summed E-state index contributed by atoms with van der Waals surface area (Å²) in [6.45, 7) is 4.65. The molecule has 1 aromatic carbocycles. The zero-order valence-corrected chi connectivity index (χ0v) is 11.8. The largest absolute Gasteiger partial charge is 0.330 e. The summed E-state index contributed by atoms with van der Waals surface area (Å²) in [6.07, 6.45) is 0.748. The number of hydrogen-bond donors (Lipinski definition) is 1. The molecular formula is C14H21NO2S. The summed E-state index contributed by atoms with van der Waals surface area (Å²) < 4.78 is 23.2. The topological polar surface area (TPSA) is 60.2 Å². The second kappa shape index (κ2) is 5.02. The molecular weight excluding hydrogens is 246 g/mol. The SMILES string of the molecule is Cc1ccc(C)c(C(CN)C2CCS(=O)(=O)C2)c1. The van der Waals surface area contributed by atoms with E-state index in [9.17, 15) is 8.42 Å². The van der Waals surface area contributed by atoms with Gasteiger partial charge in [-0.25, -0.2) is 8.42 Å². The summed E-state index contributed by atoms with van der Waals surface area (Å²) >= 11 is 0. The van der Waals surface area contributed by atoms with Gasteiger partial charge in [0.1, 0.15) is 0 Å². The third-order valence-corrected chi connectivity index (χ3v) is 5.72. The minimum atomic E-state index is -2.84. The Morgan fingerprint density at radius 3 is 2.67 bits per heavy atom. The van der Waals surface area contributed by atoms with Crippen LogP contribution in [0.3, 0.4) is 0 Å². The first kappa shape index (κ1) is 13.6. The lowest BCUT2D eigenvalue weighted by molar-refractivity contribution is 0.472. The summed E-state index contributed by atoms with van der Waals surface area (Å²) in [7, 11) is -2.84. The molecule has 0 amide bonds. The molecule has 1 aromatic rings. The second-order valence-electron chi connectivity index (χ2n) is 5.37. The number of sulfone groups is 1. The Kier molecular flexibility index (Phi) is 3.78. The maximum Gasteiger partial charge on any atom is 0.150 e. The lowest BCUT2D eigenvalue weighted by Gasteiger charge is -2.23. The molecule has 1 fully saturated rings. The Balaban J connectivity index is 2.31. The molecule has 0 bridgehead atoms. The summed E-state index contributed by atoms with van der Waals surface area (Å²) in [4.78, 5) is 0. The fourth-order valence-electron chi connectivity index (χ4n) is 2.87. The van der Waals surface area contributed by atoms with Crippen LogP contribution in [-0.4, -0.2) is 26.5 Å². The molecule has 1 aliphatic rings. The summed E-state index contributed by atoms with van der Waals surface area (Å²) in [5, 5.41) is 0. The Labute approximate surface area is 109 Å². The highest BCUT2D eigenvalue weighted by Gasteiger charge is 2.34. The number of aryl methyl sites for hydroxylation is 2. The normalized spacial score (nSPS) is 24.1. The molecule has 2 unspecified atom stereocenters. The van der Waals surface area contributed by atoms with Gasteiger partial charge >= 0.3 is 0 Å². The van der Waals surface area contributed by atoms with Crippen molar-refractivity contribution in [2.45, 2.75) is 26.2 Å². The molecule has 2 N–H and O–H groups in total. The van der Waals surface area contributed by atoms with E-state index in [0.717, 1.165) is 6.42 Å². The molecule has 18 heavy (non-hydrogen) atoms. The van der Waals surface area contributed by atoms with E-state index in [0.29, 0.717) is 18.1 Å². The van der Waals surface area contributed by atoms with E-state index < -0.39 is 9.84 Å². The zero-order chi connectivity index (χ0) is 13.3. The third kappa shape index (κ3) is 2.75. The maximum atomic E-state index is 11.6. The van der Waals surface area contributed by atoms with Gasteiger partial charge in [0.15, 0.2) is 9.84 Å². The van der Waals surface area contributed by atoms with Crippen molar-refractivity contribution in [3.63, 3.8) is 0 Å². The van der Waals surface area contributed by atoms with E-state index in [1.807, 2.05) is 0 Å². The number of rotatable bonds is 3. The zero-order valence-electron chi connectivity index (χ0n) is 11.0. The average molecular weight is 267 g/mol. The van der Waals surface area contributed by atoms with Crippen molar-refractivity contribution in [3.8, 4) is 0 Å². The van der Waals surface area contributed by atoms with Crippen LogP contribution in [0.25, 0.3) is 0 Å². The van der Waals surface area contributed by atoms with Gasteiger partial charge < -0.3 is 5.73 Å². The van der Waals surface area contributed by atoms with E-state index in [1.165, 1.54) is 16.7 Å². The molecule has 0 radical (unpaired) electrons. The van der Waals surface area contributed by atoms with Gasteiger partial charge in [-0.2, -0.15) is 0 Å². The van der Waals surface area contributed by atoms with Crippen LogP contribution >= 0.6 is 0 Å². The summed E-state index contributed by atoms with van der Waals surface area (Å²) in [6, 6.07) is 6.33. The quantitative estimate of drug-likeness (QED) is 0.908. The van der Waals surface area contributed by atoms with Crippen LogP contribution in [-0.2, 0) is 9.84 Å². The van der Waals surface area contributed by atoms with Crippen molar-refractivity contribution in [1.29, 1.82) is 0 Å². The van der Waals surface area contributed by atoms with Crippen LogP contribution in [0.4, 0.5) is 0 Å².